The Morgan fingerprint density at radius 3 is 1.19 bits per heavy atom. The van der Waals surface area contributed by atoms with E-state index in [1.54, 1.807) is 0 Å². The van der Waals surface area contributed by atoms with Crippen LogP contribution >= 0.6 is 11.8 Å². The lowest BCUT2D eigenvalue weighted by Crippen LogP contribution is -1.94. The lowest BCUT2D eigenvalue weighted by atomic mass is 10.0. The van der Waals surface area contributed by atoms with Gasteiger partial charge in [-0.3, -0.25) is 0 Å². The molecule has 1 aliphatic rings. The SMILES string of the molecule is CCCCCCCCC[C@H]1S[C@@H]1CCCCCCCCC. The highest BCUT2D eigenvalue weighted by Crippen LogP contribution is 2.47. The molecule has 1 heterocycles. The van der Waals surface area contributed by atoms with Crippen LogP contribution in [0.2, 0.25) is 0 Å². The van der Waals surface area contributed by atoms with Crippen molar-refractivity contribution >= 4 is 11.8 Å². The van der Waals surface area contributed by atoms with Crippen LogP contribution in [0.5, 0.6) is 0 Å². The largest absolute Gasteiger partial charge is 0.153 e. The summed E-state index contributed by atoms with van der Waals surface area (Å²) < 4.78 is 0. The lowest BCUT2D eigenvalue weighted by molar-refractivity contribution is 0.556. The van der Waals surface area contributed by atoms with Crippen molar-refractivity contribution in [3.63, 3.8) is 0 Å². The smallest absolute Gasteiger partial charge is 0.0169 e. The Morgan fingerprint density at radius 1 is 0.476 bits per heavy atom. The number of hydrogen-bond donors (Lipinski definition) is 0. The van der Waals surface area contributed by atoms with Crippen molar-refractivity contribution in [3.05, 3.63) is 0 Å². The molecule has 1 aliphatic heterocycles. The maximum Gasteiger partial charge on any atom is 0.0169 e. The topological polar surface area (TPSA) is 0 Å². The highest BCUT2D eigenvalue weighted by Gasteiger charge is 2.36. The summed E-state index contributed by atoms with van der Waals surface area (Å²) in [4.78, 5) is 0. The molecule has 1 heteroatoms. The van der Waals surface area contributed by atoms with E-state index in [0.29, 0.717) is 0 Å². The Kier molecular flexibility index (Phi) is 12.9. The second kappa shape index (κ2) is 14.0. The molecule has 0 aromatic heterocycles. The summed E-state index contributed by atoms with van der Waals surface area (Å²) in [6.07, 6.45) is 23.5. The molecule has 1 saturated heterocycles. The van der Waals surface area contributed by atoms with Crippen LogP contribution in [-0.2, 0) is 0 Å². The lowest BCUT2D eigenvalue weighted by Gasteiger charge is -2.02. The molecule has 1 fully saturated rings. The first kappa shape index (κ1) is 19.4. The summed E-state index contributed by atoms with van der Waals surface area (Å²) in [5, 5.41) is 2.11. The Hall–Kier alpha value is 0.350. The molecule has 0 unspecified atom stereocenters. The number of rotatable bonds is 16. The standard InChI is InChI=1S/C20H40S/c1-3-5-7-9-11-13-15-17-19-20(21-19)18-16-14-12-10-8-6-4-2/h19-20H,3-18H2,1-2H3/t19-,20-/m1/s1. The molecule has 0 N–H and O–H groups in total. The van der Waals surface area contributed by atoms with Gasteiger partial charge in [0.25, 0.3) is 0 Å². The van der Waals surface area contributed by atoms with Crippen molar-refractivity contribution in [1.29, 1.82) is 0 Å². The van der Waals surface area contributed by atoms with Crippen molar-refractivity contribution in [2.45, 2.75) is 127 Å². The zero-order chi connectivity index (χ0) is 15.2. The molecule has 1 rings (SSSR count). The first-order chi connectivity index (χ1) is 10.4. The van der Waals surface area contributed by atoms with Gasteiger partial charge >= 0.3 is 0 Å². The average molecular weight is 313 g/mol. The Labute approximate surface area is 139 Å². The van der Waals surface area contributed by atoms with Crippen molar-refractivity contribution in [2.75, 3.05) is 0 Å². The minimum Gasteiger partial charge on any atom is -0.153 e. The molecule has 0 aliphatic carbocycles. The predicted octanol–water partition coefficient (Wildman–Crippen LogP) is 7.75. The van der Waals surface area contributed by atoms with E-state index in [9.17, 15) is 0 Å². The van der Waals surface area contributed by atoms with Crippen molar-refractivity contribution in [2.24, 2.45) is 0 Å². The third kappa shape index (κ3) is 11.6. The first-order valence-electron chi connectivity index (χ1n) is 10.0. The molecule has 0 spiro atoms. The van der Waals surface area contributed by atoms with Gasteiger partial charge in [0.15, 0.2) is 0 Å². The third-order valence-electron chi connectivity index (χ3n) is 4.87. The van der Waals surface area contributed by atoms with E-state index in [1.807, 2.05) is 0 Å². The van der Waals surface area contributed by atoms with Gasteiger partial charge in [-0.2, -0.15) is 11.8 Å². The van der Waals surface area contributed by atoms with E-state index in [4.69, 9.17) is 0 Å². The Bertz CT molecular complexity index is 192. The molecule has 0 amide bonds. The van der Waals surface area contributed by atoms with Crippen LogP contribution in [0.4, 0.5) is 0 Å². The van der Waals surface area contributed by atoms with Gasteiger partial charge in [0.2, 0.25) is 0 Å². The highest BCUT2D eigenvalue weighted by molar-refractivity contribution is 8.07. The molecule has 0 bridgehead atoms. The fourth-order valence-corrected chi connectivity index (χ4v) is 4.53. The van der Waals surface area contributed by atoms with E-state index in [0.717, 1.165) is 10.5 Å². The van der Waals surface area contributed by atoms with E-state index in [-0.39, 0.29) is 0 Å². The summed E-state index contributed by atoms with van der Waals surface area (Å²) in [7, 11) is 0. The predicted molar refractivity (Wildman–Crippen MR) is 100 cm³/mol. The summed E-state index contributed by atoms with van der Waals surface area (Å²) in [6, 6.07) is 0. The monoisotopic (exact) mass is 312 g/mol. The Morgan fingerprint density at radius 2 is 0.810 bits per heavy atom. The van der Waals surface area contributed by atoms with Crippen molar-refractivity contribution < 1.29 is 0 Å². The molecule has 126 valence electrons. The molecule has 2 atom stereocenters. The van der Waals surface area contributed by atoms with Gasteiger partial charge in [0, 0.05) is 10.5 Å². The van der Waals surface area contributed by atoms with Crippen LogP contribution in [0.3, 0.4) is 0 Å². The minimum atomic E-state index is 1.06. The van der Waals surface area contributed by atoms with E-state index < -0.39 is 0 Å². The van der Waals surface area contributed by atoms with Crippen molar-refractivity contribution in [1.82, 2.24) is 0 Å². The second-order valence-corrected chi connectivity index (χ2v) is 8.52. The van der Waals surface area contributed by atoms with E-state index in [1.165, 1.54) is 103 Å². The normalized spacial score (nSPS) is 20.9. The van der Waals surface area contributed by atoms with Crippen LogP contribution in [0.15, 0.2) is 0 Å². The zero-order valence-electron chi connectivity index (χ0n) is 14.9. The fourth-order valence-electron chi connectivity index (χ4n) is 3.29. The molecule has 21 heavy (non-hydrogen) atoms. The van der Waals surface area contributed by atoms with E-state index >= 15 is 0 Å². The summed E-state index contributed by atoms with van der Waals surface area (Å²) in [6.45, 7) is 4.60. The number of thioether (sulfide) groups is 1. The van der Waals surface area contributed by atoms with Gasteiger partial charge < -0.3 is 0 Å². The van der Waals surface area contributed by atoms with Crippen LogP contribution in [0.25, 0.3) is 0 Å². The van der Waals surface area contributed by atoms with Gasteiger partial charge in [-0.25, -0.2) is 0 Å². The quantitative estimate of drug-likeness (QED) is 0.207. The molecular weight excluding hydrogens is 272 g/mol. The molecule has 0 aromatic carbocycles. The number of unbranched alkanes of at least 4 members (excludes halogenated alkanes) is 12. The zero-order valence-corrected chi connectivity index (χ0v) is 15.7. The van der Waals surface area contributed by atoms with Crippen LogP contribution in [0, 0.1) is 0 Å². The highest BCUT2D eigenvalue weighted by atomic mass is 32.2. The summed E-state index contributed by atoms with van der Waals surface area (Å²) in [5.41, 5.74) is 0. The van der Waals surface area contributed by atoms with Crippen molar-refractivity contribution in [3.8, 4) is 0 Å². The first-order valence-corrected chi connectivity index (χ1v) is 11.0. The van der Waals surface area contributed by atoms with E-state index in [2.05, 4.69) is 25.6 Å². The fraction of sp³-hybridized carbons (Fsp3) is 1.00. The Balaban J connectivity index is 1.74. The average Bonchev–Trinajstić information content (AvgIpc) is 3.24. The number of hydrogen-bond acceptors (Lipinski definition) is 1. The summed E-state index contributed by atoms with van der Waals surface area (Å²) >= 11 is 2.28. The second-order valence-electron chi connectivity index (χ2n) is 7.03. The van der Waals surface area contributed by atoms with Crippen LogP contribution < -0.4 is 0 Å². The van der Waals surface area contributed by atoms with Gasteiger partial charge in [0.05, 0.1) is 0 Å². The maximum atomic E-state index is 2.30. The van der Waals surface area contributed by atoms with Crippen LogP contribution in [-0.4, -0.2) is 10.5 Å². The maximum absolute atomic E-state index is 2.30. The molecule has 0 aromatic rings. The van der Waals surface area contributed by atoms with Gasteiger partial charge in [-0.1, -0.05) is 104 Å². The minimum absolute atomic E-state index is 1.06. The summed E-state index contributed by atoms with van der Waals surface area (Å²) in [5.74, 6) is 0. The molecule has 0 nitrogen and oxygen atoms in total. The van der Waals surface area contributed by atoms with Gasteiger partial charge in [-0.05, 0) is 12.8 Å². The van der Waals surface area contributed by atoms with Crippen LogP contribution in [0.1, 0.15) is 117 Å². The van der Waals surface area contributed by atoms with Gasteiger partial charge in [-0.15, -0.1) is 0 Å². The van der Waals surface area contributed by atoms with Gasteiger partial charge in [0.1, 0.15) is 0 Å². The molecule has 0 radical (unpaired) electrons. The molecule has 0 saturated carbocycles. The third-order valence-corrected chi connectivity index (χ3v) is 6.39. The molecular formula is C20H40S.